The van der Waals surface area contributed by atoms with Crippen molar-refractivity contribution in [3.63, 3.8) is 0 Å². The van der Waals surface area contributed by atoms with Crippen LogP contribution in [0.3, 0.4) is 0 Å². The number of fused-ring (bicyclic) bond motifs is 5. The summed E-state index contributed by atoms with van der Waals surface area (Å²) in [5.41, 5.74) is 8.58. The normalized spacial score (nSPS) is 13.8. The molecule has 12 heteroatoms. The Bertz CT molecular complexity index is 2360. The highest BCUT2D eigenvalue weighted by Gasteiger charge is 2.23. The van der Waals surface area contributed by atoms with E-state index in [1.807, 2.05) is 36.4 Å². The van der Waals surface area contributed by atoms with Gasteiger partial charge in [-0.1, -0.05) is 93.5 Å². The van der Waals surface area contributed by atoms with Crippen LogP contribution in [-0.4, -0.2) is 54.6 Å². The summed E-state index contributed by atoms with van der Waals surface area (Å²) in [5.74, 6) is 12.4. The maximum absolute atomic E-state index is 5.57. The number of hydrogen-bond acceptors (Lipinski definition) is 12. The van der Waals surface area contributed by atoms with Gasteiger partial charge >= 0.3 is 0 Å². The van der Waals surface area contributed by atoms with Crippen LogP contribution in [0.5, 0.6) is 69.0 Å². The Morgan fingerprint density at radius 3 is 1.15 bits per heavy atom. The molecule has 362 valence electrons. The number of rotatable bonds is 7. The lowest BCUT2D eigenvalue weighted by Crippen LogP contribution is -2.16. The van der Waals surface area contributed by atoms with Crippen molar-refractivity contribution in [2.24, 2.45) is 0 Å². The number of para-hydroxylation sites is 1. The third kappa shape index (κ3) is 12.4. The summed E-state index contributed by atoms with van der Waals surface area (Å²) < 4.78 is 64.2. The quantitative estimate of drug-likeness (QED) is 0.155. The molecular weight excluding hydrogens is 853 g/mol. The van der Waals surface area contributed by atoms with E-state index in [0.717, 1.165) is 69.0 Å². The Morgan fingerprint density at radius 2 is 0.716 bits per heavy atom. The summed E-state index contributed by atoms with van der Waals surface area (Å²) in [6.07, 6.45) is 0. The lowest BCUT2D eigenvalue weighted by Gasteiger charge is -2.21. The summed E-state index contributed by atoms with van der Waals surface area (Å²) in [5, 5.41) is 0. The van der Waals surface area contributed by atoms with Gasteiger partial charge in [0.2, 0.25) is 38.7 Å². The van der Waals surface area contributed by atoms with E-state index in [9.17, 15) is 0 Å². The number of benzene rings is 5. The molecule has 0 bridgehead atoms. The molecule has 12 nitrogen and oxygen atoms in total. The van der Waals surface area contributed by atoms with Gasteiger partial charge in [-0.2, -0.15) is 0 Å². The zero-order valence-corrected chi connectivity index (χ0v) is 41.9. The van der Waals surface area contributed by atoms with Crippen molar-refractivity contribution in [1.82, 2.24) is 0 Å². The first kappa shape index (κ1) is 50.1. The third-order valence-electron chi connectivity index (χ3n) is 11.6. The molecule has 0 aromatic heterocycles. The lowest BCUT2D eigenvalue weighted by atomic mass is 10.00. The average Bonchev–Trinajstić information content (AvgIpc) is 4.17. The standard InChI is InChI=1S/C12H16O2.2C11H14O3.C11H14O2.C10H12O2/c1-8(2)10-6-9(3)12-11(7-10)13-4-5-14-12;2*1-7(2)8-4-9(12-3)11-10(5-8)13-6-14-11;1-7(2)9-4-8(3)11-10(5-9)12-6-13-11;1-7(2)8-4-3-5-9-10(8)12-6-11-9/h6-8H,4-5H2,1-3H3;2*4-5,7H,6H2,1-3H3;4-5,7H,6H2,1-3H3;3-5,7H,6H2,1-2H3. The topological polar surface area (TPSA) is 111 Å². The van der Waals surface area contributed by atoms with Gasteiger partial charge in [-0.15, -0.1) is 0 Å². The first-order valence-corrected chi connectivity index (χ1v) is 23.2. The van der Waals surface area contributed by atoms with Gasteiger partial charge in [0.25, 0.3) is 0 Å². The molecule has 0 aliphatic carbocycles. The first-order valence-electron chi connectivity index (χ1n) is 23.2. The fourth-order valence-corrected chi connectivity index (χ4v) is 7.61. The van der Waals surface area contributed by atoms with Gasteiger partial charge in [-0.05, 0) is 119 Å². The molecule has 0 saturated heterocycles. The van der Waals surface area contributed by atoms with E-state index in [2.05, 4.69) is 113 Å². The van der Waals surface area contributed by atoms with Gasteiger partial charge in [0.05, 0.1) is 14.2 Å². The number of methoxy groups -OCH3 is 2. The lowest BCUT2D eigenvalue weighted by molar-refractivity contribution is 0.170. The van der Waals surface area contributed by atoms with Gasteiger partial charge in [0.1, 0.15) is 13.2 Å². The minimum Gasteiger partial charge on any atom is -0.493 e. The van der Waals surface area contributed by atoms with Crippen LogP contribution in [0.2, 0.25) is 0 Å². The molecule has 5 aliphatic rings. The van der Waals surface area contributed by atoms with E-state index in [-0.39, 0.29) is 13.6 Å². The van der Waals surface area contributed by atoms with E-state index in [0.29, 0.717) is 56.4 Å². The van der Waals surface area contributed by atoms with Gasteiger partial charge in [0.15, 0.2) is 57.5 Å². The minimum absolute atomic E-state index is 0.285. The van der Waals surface area contributed by atoms with Crippen molar-refractivity contribution in [2.45, 2.75) is 113 Å². The Hall–Kier alpha value is -6.30. The highest BCUT2D eigenvalue weighted by Crippen LogP contribution is 2.45. The Morgan fingerprint density at radius 1 is 0.358 bits per heavy atom. The number of hydrogen-bond donors (Lipinski definition) is 0. The van der Waals surface area contributed by atoms with Crippen LogP contribution in [0.4, 0.5) is 0 Å². The van der Waals surface area contributed by atoms with Gasteiger partial charge in [0, 0.05) is 5.56 Å². The predicted molar refractivity (Wildman–Crippen MR) is 261 cm³/mol. The predicted octanol–water partition coefficient (Wildman–Crippen LogP) is 13.4. The fraction of sp³-hybridized carbons (Fsp3) is 0.455. The Kier molecular flexibility index (Phi) is 17.2. The molecule has 0 saturated carbocycles. The molecule has 5 heterocycles. The van der Waals surface area contributed by atoms with E-state index in [1.165, 1.54) is 38.9 Å². The number of ether oxygens (including phenoxy) is 12. The molecule has 5 aromatic rings. The third-order valence-corrected chi connectivity index (χ3v) is 11.6. The fourth-order valence-electron chi connectivity index (χ4n) is 7.61. The van der Waals surface area contributed by atoms with E-state index in [1.54, 1.807) is 14.2 Å². The van der Waals surface area contributed by atoms with Gasteiger partial charge in [-0.3, -0.25) is 0 Å². The zero-order valence-electron chi connectivity index (χ0n) is 41.9. The van der Waals surface area contributed by atoms with Gasteiger partial charge in [-0.25, -0.2) is 0 Å². The second kappa shape index (κ2) is 22.9. The van der Waals surface area contributed by atoms with Crippen LogP contribution in [0.1, 0.15) is 138 Å². The van der Waals surface area contributed by atoms with Crippen LogP contribution in [-0.2, 0) is 0 Å². The first-order chi connectivity index (χ1) is 32.1. The van der Waals surface area contributed by atoms with E-state index in [4.69, 9.17) is 56.8 Å². The molecule has 0 spiro atoms. The van der Waals surface area contributed by atoms with E-state index < -0.39 is 0 Å². The SMILES string of the molecule is CC(C)c1cccc2c1OCO2.COc1cc(C(C)C)cc2c1OCO2.COc1cc(C(C)C)cc2c1OCO2.Cc1cc(C(C)C)cc2c1OCCO2.Cc1cc(C(C)C)cc2c1OCO2. The van der Waals surface area contributed by atoms with Crippen molar-refractivity contribution < 1.29 is 56.8 Å². The van der Waals surface area contributed by atoms with Crippen molar-refractivity contribution in [1.29, 1.82) is 0 Å². The largest absolute Gasteiger partial charge is 0.493 e. The van der Waals surface area contributed by atoms with Crippen molar-refractivity contribution in [3.8, 4) is 69.0 Å². The summed E-state index contributed by atoms with van der Waals surface area (Å²) in [6, 6.07) is 22.5. The molecule has 0 radical (unpaired) electrons. The number of aryl methyl sites for hydroxylation is 2. The second-order valence-electron chi connectivity index (χ2n) is 18.2. The van der Waals surface area contributed by atoms with Crippen LogP contribution in [0.25, 0.3) is 0 Å². The summed E-state index contributed by atoms with van der Waals surface area (Å²) in [7, 11) is 3.28. The maximum Gasteiger partial charge on any atom is 0.231 e. The zero-order chi connectivity index (χ0) is 48.4. The summed E-state index contributed by atoms with van der Waals surface area (Å²) in [6.45, 7) is 28.3. The molecule has 67 heavy (non-hydrogen) atoms. The molecule has 0 atom stereocenters. The molecule has 0 fully saturated rings. The molecular formula is C55H70O12. The van der Waals surface area contributed by atoms with Crippen molar-refractivity contribution >= 4 is 0 Å². The monoisotopic (exact) mass is 922 g/mol. The minimum atomic E-state index is 0.285. The van der Waals surface area contributed by atoms with Crippen LogP contribution in [0, 0.1) is 13.8 Å². The van der Waals surface area contributed by atoms with E-state index >= 15 is 0 Å². The molecule has 10 rings (SSSR count). The summed E-state index contributed by atoms with van der Waals surface area (Å²) >= 11 is 0. The van der Waals surface area contributed by atoms with Crippen LogP contribution in [0.15, 0.2) is 66.7 Å². The molecule has 0 amide bonds. The van der Waals surface area contributed by atoms with Crippen LogP contribution < -0.4 is 56.8 Å². The molecule has 0 unspecified atom stereocenters. The smallest absolute Gasteiger partial charge is 0.231 e. The molecule has 5 aromatic carbocycles. The van der Waals surface area contributed by atoms with Crippen molar-refractivity contribution in [3.05, 3.63) is 106 Å². The summed E-state index contributed by atoms with van der Waals surface area (Å²) in [4.78, 5) is 0. The van der Waals surface area contributed by atoms with Crippen LogP contribution >= 0.6 is 0 Å². The highest BCUT2D eigenvalue weighted by molar-refractivity contribution is 5.57. The van der Waals surface area contributed by atoms with Gasteiger partial charge < -0.3 is 56.8 Å². The molecule has 5 aliphatic heterocycles. The average molecular weight is 923 g/mol. The molecule has 0 N–H and O–H groups in total. The maximum atomic E-state index is 5.57. The Labute approximate surface area is 397 Å². The van der Waals surface area contributed by atoms with Crippen molar-refractivity contribution in [2.75, 3.05) is 54.6 Å². The Balaban J connectivity index is 0.000000138. The highest BCUT2D eigenvalue weighted by atomic mass is 16.7. The second-order valence-corrected chi connectivity index (χ2v) is 18.2.